The van der Waals surface area contributed by atoms with Crippen molar-refractivity contribution in [3.8, 4) is 5.75 Å². The molecule has 3 heterocycles. The van der Waals surface area contributed by atoms with E-state index in [9.17, 15) is 9.90 Å². The SMILES string of the molecule is Cl.Cl.NC1CCN(C/C=C/c2c(O)ccc3[nH]c(=O)c4sccc4c23)C1. The number of H-pyrrole nitrogens is 1. The highest BCUT2D eigenvalue weighted by Crippen LogP contribution is 2.33. The molecule has 3 aromatic rings. The van der Waals surface area contributed by atoms with E-state index in [0.29, 0.717) is 4.70 Å². The number of fused-ring (bicyclic) bond motifs is 3. The number of phenols is 1. The minimum Gasteiger partial charge on any atom is -0.507 e. The Bertz CT molecular complexity index is 999. The van der Waals surface area contributed by atoms with E-state index in [1.165, 1.54) is 11.3 Å². The number of hydrogen-bond acceptors (Lipinski definition) is 5. The number of aromatic amines is 1. The molecule has 0 spiro atoms. The third-order valence-electron chi connectivity index (χ3n) is 4.57. The zero-order valence-corrected chi connectivity index (χ0v) is 16.4. The fourth-order valence-corrected chi connectivity index (χ4v) is 4.18. The van der Waals surface area contributed by atoms with Crippen LogP contribution in [0.3, 0.4) is 0 Å². The van der Waals surface area contributed by atoms with Gasteiger partial charge in [0.15, 0.2) is 0 Å². The Hall–Kier alpha value is -1.57. The number of nitrogens with zero attached hydrogens (tertiary/aromatic N) is 1. The molecule has 1 saturated heterocycles. The summed E-state index contributed by atoms with van der Waals surface area (Å²) in [4.78, 5) is 17.3. The van der Waals surface area contributed by atoms with E-state index in [1.807, 2.05) is 17.5 Å². The maximum absolute atomic E-state index is 12.1. The Morgan fingerprint density at radius 2 is 2.15 bits per heavy atom. The van der Waals surface area contributed by atoms with E-state index in [2.05, 4.69) is 16.0 Å². The van der Waals surface area contributed by atoms with Gasteiger partial charge in [-0.05, 0) is 30.0 Å². The van der Waals surface area contributed by atoms with Crippen LogP contribution in [0.5, 0.6) is 5.75 Å². The maximum atomic E-state index is 12.1. The van der Waals surface area contributed by atoms with Crippen molar-refractivity contribution in [2.24, 2.45) is 5.73 Å². The molecule has 5 nitrogen and oxygen atoms in total. The first-order valence-electron chi connectivity index (χ1n) is 8.03. The first-order valence-corrected chi connectivity index (χ1v) is 8.91. The molecule has 4 rings (SSSR count). The lowest BCUT2D eigenvalue weighted by Gasteiger charge is -2.12. The Balaban J connectivity index is 0.00000121. The van der Waals surface area contributed by atoms with E-state index in [0.717, 1.165) is 47.9 Å². The average molecular weight is 414 g/mol. The van der Waals surface area contributed by atoms with Crippen molar-refractivity contribution in [1.29, 1.82) is 0 Å². The molecule has 2 aromatic heterocycles. The van der Waals surface area contributed by atoms with Crippen LogP contribution in [0.1, 0.15) is 12.0 Å². The second-order valence-corrected chi connectivity index (χ2v) is 7.17. The van der Waals surface area contributed by atoms with Crippen molar-refractivity contribution in [2.75, 3.05) is 19.6 Å². The number of thiophene rings is 1. The number of nitrogens with one attached hydrogen (secondary N) is 1. The standard InChI is InChI=1S/C18H19N3O2S.2ClH/c19-11-5-8-21(10-11)7-1-2-12-15(22)4-3-14-16(12)13-6-9-24-17(13)18(23)20-14;;/h1-4,6,9,11,22H,5,7-8,10,19H2,(H,20,23);2*1H/b2-1+;;. The summed E-state index contributed by atoms with van der Waals surface area (Å²) in [6.45, 7) is 2.72. The van der Waals surface area contributed by atoms with Gasteiger partial charge in [0.05, 0.1) is 0 Å². The van der Waals surface area contributed by atoms with Gasteiger partial charge in [-0.3, -0.25) is 9.69 Å². The highest BCUT2D eigenvalue weighted by Gasteiger charge is 2.17. The maximum Gasteiger partial charge on any atom is 0.266 e. The van der Waals surface area contributed by atoms with Gasteiger partial charge >= 0.3 is 0 Å². The predicted molar refractivity (Wildman–Crippen MR) is 114 cm³/mol. The molecule has 1 unspecified atom stereocenters. The van der Waals surface area contributed by atoms with Crippen molar-refractivity contribution in [1.82, 2.24) is 9.88 Å². The fourth-order valence-electron chi connectivity index (χ4n) is 3.38. The van der Waals surface area contributed by atoms with Crippen molar-refractivity contribution in [2.45, 2.75) is 12.5 Å². The molecule has 0 bridgehead atoms. The van der Waals surface area contributed by atoms with Gasteiger partial charge in [-0.1, -0.05) is 12.2 Å². The van der Waals surface area contributed by atoms with Crippen molar-refractivity contribution >= 4 is 63.2 Å². The van der Waals surface area contributed by atoms with Crippen LogP contribution in [0.15, 0.2) is 34.4 Å². The lowest BCUT2D eigenvalue weighted by atomic mass is 10.0. The van der Waals surface area contributed by atoms with Gasteiger partial charge in [0, 0.05) is 47.5 Å². The monoisotopic (exact) mass is 413 g/mol. The number of halogens is 2. The van der Waals surface area contributed by atoms with Crippen LogP contribution >= 0.6 is 36.2 Å². The molecule has 8 heteroatoms. The molecule has 4 N–H and O–H groups in total. The largest absolute Gasteiger partial charge is 0.507 e. The molecule has 1 fully saturated rings. The van der Waals surface area contributed by atoms with Gasteiger partial charge < -0.3 is 15.8 Å². The molecule has 0 radical (unpaired) electrons. The molecule has 0 amide bonds. The molecule has 1 atom stereocenters. The van der Waals surface area contributed by atoms with Crippen LogP contribution < -0.4 is 11.3 Å². The van der Waals surface area contributed by atoms with Crippen LogP contribution in [0.25, 0.3) is 27.1 Å². The second-order valence-electron chi connectivity index (χ2n) is 6.25. The quantitative estimate of drug-likeness (QED) is 0.614. The molecule has 0 aliphatic carbocycles. The lowest BCUT2D eigenvalue weighted by Crippen LogP contribution is -2.26. The van der Waals surface area contributed by atoms with Crippen LogP contribution in [-0.2, 0) is 0 Å². The summed E-state index contributed by atoms with van der Waals surface area (Å²) in [5, 5.41) is 14.0. The number of benzene rings is 1. The van der Waals surface area contributed by atoms with Gasteiger partial charge in [0.1, 0.15) is 10.4 Å². The van der Waals surface area contributed by atoms with Gasteiger partial charge in [0.25, 0.3) is 5.56 Å². The highest BCUT2D eigenvalue weighted by atomic mass is 35.5. The van der Waals surface area contributed by atoms with Gasteiger partial charge in [0.2, 0.25) is 0 Å². The van der Waals surface area contributed by atoms with Crippen LogP contribution in [0, 0.1) is 0 Å². The number of likely N-dealkylation sites (tertiary alicyclic amines) is 1. The van der Waals surface area contributed by atoms with E-state index in [-0.39, 0.29) is 42.2 Å². The topological polar surface area (TPSA) is 82.3 Å². The summed E-state index contributed by atoms with van der Waals surface area (Å²) >= 11 is 1.42. The summed E-state index contributed by atoms with van der Waals surface area (Å²) in [7, 11) is 0. The molecule has 26 heavy (non-hydrogen) atoms. The Kier molecular flexibility index (Phi) is 6.71. The van der Waals surface area contributed by atoms with E-state index in [1.54, 1.807) is 12.1 Å². The molecular formula is C18H21Cl2N3O2S. The Morgan fingerprint density at radius 1 is 1.35 bits per heavy atom. The molecular weight excluding hydrogens is 393 g/mol. The number of aromatic nitrogens is 1. The van der Waals surface area contributed by atoms with E-state index in [4.69, 9.17) is 5.73 Å². The lowest BCUT2D eigenvalue weighted by molar-refractivity contribution is 0.372. The molecule has 0 saturated carbocycles. The summed E-state index contributed by atoms with van der Waals surface area (Å²) in [6.07, 6.45) is 5.02. The highest BCUT2D eigenvalue weighted by molar-refractivity contribution is 7.17. The molecule has 1 aromatic carbocycles. The third-order valence-corrected chi connectivity index (χ3v) is 5.48. The number of aromatic hydroxyl groups is 1. The van der Waals surface area contributed by atoms with Crippen LogP contribution in [-0.4, -0.2) is 40.7 Å². The van der Waals surface area contributed by atoms with Crippen LogP contribution in [0.4, 0.5) is 0 Å². The predicted octanol–water partition coefficient (Wildman–Crippen LogP) is 3.34. The summed E-state index contributed by atoms with van der Waals surface area (Å²) < 4.78 is 0.688. The fraction of sp³-hybridized carbons (Fsp3) is 0.278. The van der Waals surface area contributed by atoms with Crippen molar-refractivity contribution in [3.05, 3.63) is 45.6 Å². The minimum absolute atomic E-state index is 0. The van der Waals surface area contributed by atoms with Gasteiger partial charge in [-0.15, -0.1) is 36.2 Å². The molecule has 1 aliphatic rings. The summed E-state index contributed by atoms with van der Waals surface area (Å²) in [6, 6.07) is 5.58. The first kappa shape index (κ1) is 20.7. The van der Waals surface area contributed by atoms with Gasteiger partial charge in [-0.25, -0.2) is 0 Å². The van der Waals surface area contributed by atoms with E-state index >= 15 is 0 Å². The van der Waals surface area contributed by atoms with Crippen LogP contribution in [0.2, 0.25) is 0 Å². The molecule has 1 aliphatic heterocycles. The normalized spacial score (nSPS) is 17.7. The van der Waals surface area contributed by atoms with E-state index < -0.39 is 0 Å². The average Bonchev–Trinajstić information content (AvgIpc) is 3.19. The number of rotatable bonds is 3. The van der Waals surface area contributed by atoms with Crippen molar-refractivity contribution < 1.29 is 5.11 Å². The number of nitrogens with two attached hydrogens (primary N) is 1. The Morgan fingerprint density at radius 3 is 2.88 bits per heavy atom. The van der Waals surface area contributed by atoms with Gasteiger partial charge in [-0.2, -0.15) is 0 Å². The minimum atomic E-state index is -0.0841. The summed E-state index contributed by atoms with van der Waals surface area (Å²) in [5.41, 5.74) is 7.34. The number of hydrogen-bond donors (Lipinski definition) is 3. The molecule has 140 valence electrons. The third kappa shape index (κ3) is 3.75. The number of pyridine rings is 1. The smallest absolute Gasteiger partial charge is 0.266 e. The second kappa shape index (κ2) is 8.41. The van der Waals surface area contributed by atoms with Crippen molar-refractivity contribution in [3.63, 3.8) is 0 Å². The Labute approximate surface area is 167 Å². The zero-order valence-electron chi connectivity index (χ0n) is 14.0. The number of phenolic OH excluding ortho intramolecular Hbond substituents is 1. The first-order chi connectivity index (χ1) is 11.6. The zero-order chi connectivity index (χ0) is 16.7. The summed E-state index contributed by atoms with van der Waals surface area (Å²) in [5.74, 6) is 0.219.